The van der Waals surface area contributed by atoms with Gasteiger partial charge in [0.2, 0.25) is 0 Å². The third-order valence-corrected chi connectivity index (χ3v) is 1.81. The van der Waals surface area contributed by atoms with Crippen LogP contribution in [0.4, 0.5) is 5.82 Å². The molecule has 0 spiro atoms. The Morgan fingerprint density at radius 2 is 2.29 bits per heavy atom. The number of hydrogen-bond acceptors (Lipinski definition) is 4. The fourth-order valence-electron chi connectivity index (χ4n) is 1.23. The Hall–Kier alpha value is -2.04. The zero-order valence-electron chi connectivity index (χ0n) is 7.46. The topological polar surface area (TPSA) is 77.0 Å². The molecule has 3 N–H and O–H groups in total. The van der Waals surface area contributed by atoms with Crippen molar-refractivity contribution in [2.45, 2.75) is 6.54 Å². The highest BCUT2D eigenvalue weighted by atomic mass is 16.3. The number of rotatable bonds is 2. The number of nitrogens with zero attached hydrogens (tertiary/aromatic N) is 3. The third-order valence-electron chi connectivity index (χ3n) is 1.81. The molecule has 0 aliphatic rings. The van der Waals surface area contributed by atoms with Crippen LogP contribution in [0.15, 0.2) is 30.5 Å². The summed E-state index contributed by atoms with van der Waals surface area (Å²) >= 11 is 0. The van der Waals surface area contributed by atoms with E-state index in [0.29, 0.717) is 12.4 Å². The van der Waals surface area contributed by atoms with Crippen LogP contribution in [-0.2, 0) is 6.54 Å². The summed E-state index contributed by atoms with van der Waals surface area (Å²) in [6.45, 7) is 0.554. The van der Waals surface area contributed by atoms with Crippen LogP contribution >= 0.6 is 0 Å². The monoisotopic (exact) mass is 190 g/mol. The van der Waals surface area contributed by atoms with E-state index in [9.17, 15) is 5.11 Å². The van der Waals surface area contributed by atoms with Gasteiger partial charge in [0.15, 0.2) is 5.82 Å². The molecule has 0 radical (unpaired) electrons. The van der Waals surface area contributed by atoms with Gasteiger partial charge in [0.05, 0.1) is 12.7 Å². The van der Waals surface area contributed by atoms with Gasteiger partial charge in [0, 0.05) is 0 Å². The molecule has 0 saturated carbocycles. The predicted molar refractivity (Wildman–Crippen MR) is 51.6 cm³/mol. The quantitative estimate of drug-likeness (QED) is 0.727. The van der Waals surface area contributed by atoms with E-state index >= 15 is 0 Å². The molecular weight excluding hydrogens is 180 g/mol. The molecule has 14 heavy (non-hydrogen) atoms. The zero-order chi connectivity index (χ0) is 9.97. The summed E-state index contributed by atoms with van der Waals surface area (Å²) < 4.78 is 1.62. The molecule has 5 nitrogen and oxygen atoms in total. The highest BCUT2D eigenvalue weighted by Gasteiger charge is 1.98. The molecule has 0 amide bonds. The molecule has 1 aromatic carbocycles. The van der Waals surface area contributed by atoms with E-state index in [-0.39, 0.29) is 5.75 Å². The summed E-state index contributed by atoms with van der Waals surface area (Å²) in [6.07, 6.45) is 1.64. The molecule has 0 bridgehead atoms. The van der Waals surface area contributed by atoms with Gasteiger partial charge in [0.1, 0.15) is 5.75 Å². The lowest BCUT2D eigenvalue weighted by Gasteiger charge is -2.00. The SMILES string of the molecule is Nc1cn(Cc2cccc(O)c2)nn1. The molecule has 0 fully saturated rings. The Morgan fingerprint density at radius 3 is 2.93 bits per heavy atom. The maximum atomic E-state index is 9.23. The van der Waals surface area contributed by atoms with Gasteiger partial charge >= 0.3 is 0 Å². The second kappa shape index (κ2) is 3.37. The summed E-state index contributed by atoms with van der Waals surface area (Å²) in [4.78, 5) is 0. The van der Waals surface area contributed by atoms with Crippen LogP contribution in [0.2, 0.25) is 0 Å². The zero-order valence-corrected chi connectivity index (χ0v) is 7.46. The molecule has 72 valence electrons. The minimum absolute atomic E-state index is 0.246. The summed E-state index contributed by atoms with van der Waals surface area (Å²) in [7, 11) is 0. The van der Waals surface area contributed by atoms with Crippen molar-refractivity contribution < 1.29 is 5.11 Å². The van der Waals surface area contributed by atoms with Gasteiger partial charge in [-0.2, -0.15) is 0 Å². The summed E-state index contributed by atoms with van der Waals surface area (Å²) in [6, 6.07) is 6.99. The number of phenolic OH excluding ortho intramolecular Hbond substituents is 1. The summed E-state index contributed by atoms with van der Waals surface area (Å²) in [5.74, 6) is 0.640. The molecule has 2 rings (SSSR count). The smallest absolute Gasteiger partial charge is 0.165 e. The molecule has 0 unspecified atom stereocenters. The summed E-state index contributed by atoms with van der Waals surface area (Å²) in [5, 5.41) is 16.7. The van der Waals surface area contributed by atoms with Crippen LogP contribution in [0.25, 0.3) is 0 Å². The van der Waals surface area contributed by atoms with Crippen LogP contribution in [0, 0.1) is 0 Å². The van der Waals surface area contributed by atoms with Crippen molar-refractivity contribution in [3.8, 4) is 5.75 Å². The van der Waals surface area contributed by atoms with E-state index in [2.05, 4.69) is 10.3 Å². The van der Waals surface area contributed by atoms with Gasteiger partial charge in [-0.1, -0.05) is 17.3 Å². The van der Waals surface area contributed by atoms with E-state index in [0.717, 1.165) is 5.56 Å². The fourth-order valence-corrected chi connectivity index (χ4v) is 1.23. The lowest BCUT2D eigenvalue weighted by atomic mass is 10.2. The first-order valence-corrected chi connectivity index (χ1v) is 4.17. The lowest BCUT2D eigenvalue weighted by molar-refractivity contribution is 0.474. The number of phenols is 1. The van der Waals surface area contributed by atoms with Gasteiger partial charge in [-0.25, -0.2) is 4.68 Å². The first-order valence-electron chi connectivity index (χ1n) is 4.17. The Bertz CT molecular complexity index is 438. The van der Waals surface area contributed by atoms with Gasteiger partial charge in [0.25, 0.3) is 0 Å². The lowest BCUT2D eigenvalue weighted by Crippen LogP contribution is -1.99. The maximum Gasteiger partial charge on any atom is 0.165 e. The Morgan fingerprint density at radius 1 is 1.43 bits per heavy atom. The summed E-state index contributed by atoms with van der Waals surface area (Å²) in [5.41, 5.74) is 6.37. The second-order valence-electron chi connectivity index (χ2n) is 3.01. The average molecular weight is 190 g/mol. The fraction of sp³-hybridized carbons (Fsp3) is 0.111. The van der Waals surface area contributed by atoms with Crippen molar-refractivity contribution >= 4 is 5.82 Å². The number of hydrogen-bond donors (Lipinski definition) is 2. The Balaban J connectivity index is 2.18. The molecule has 0 aliphatic heterocycles. The highest BCUT2D eigenvalue weighted by Crippen LogP contribution is 2.11. The molecule has 2 aromatic rings. The van der Waals surface area contributed by atoms with Gasteiger partial charge < -0.3 is 10.8 Å². The van der Waals surface area contributed by atoms with Gasteiger partial charge in [-0.3, -0.25) is 0 Å². The standard InChI is InChI=1S/C9H10N4O/c10-9-6-13(12-11-9)5-7-2-1-3-8(14)4-7/h1-4,6,14H,5,10H2. The number of benzene rings is 1. The molecular formula is C9H10N4O. The maximum absolute atomic E-state index is 9.23. The Kier molecular flexibility index (Phi) is 2.06. The first kappa shape index (κ1) is 8.55. The normalized spacial score (nSPS) is 10.3. The predicted octanol–water partition coefficient (Wildman–Crippen LogP) is 0.614. The van der Waals surface area contributed by atoms with Crippen LogP contribution in [0.1, 0.15) is 5.56 Å². The average Bonchev–Trinajstić information content (AvgIpc) is 2.51. The van der Waals surface area contributed by atoms with Gasteiger partial charge in [-0.05, 0) is 17.7 Å². The molecule has 0 atom stereocenters. The molecule has 1 aromatic heterocycles. The number of anilines is 1. The van der Waals surface area contributed by atoms with Crippen molar-refractivity contribution in [2.24, 2.45) is 0 Å². The van der Waals surface area contributed by atoms with Crippen molar-refractivity contribution in [1.29, 1.82) is 0 Å². The molecule has 0 aliphatic carbocycles. The van der Waals surface area contributed by atoms with E-state index in [1.165, 1.54) is 0 Å². The van der Waals surface area contributed by atoms with E-state index in [1.54, 1.807) is 29.1 Å². The number of nitrogens with two attached hydrogens (primary N) is 1. The van der Waals surface area contributed by atoms with Crippen LogP contribution in [-0.4, -0.2) is 20.1 Å². The molecule has 5 heteroatoms. The molecule has 0 saturated heterocycles. The third kappa shape index (κ3) is 1.82. The van der Waals surface area contributed by atoms with Crippen molar-refractivity contribution in [2.75, 3.05) is 5.73 Å². The number of nitrogen functional groups attached to an aromatic ring is 1. The van der Waals surface area contributed by atoms with Crippen molar-refractivity contribution in [1.82, 2.24) is 15.0 Å². The first-order chi connectivity index (χ1) is 6.74. The Labute approximate surface area is 80.8 Å². The van der Waals surface area contributed by atoms with E-state index in [1.807, 2.05) is 6.07 Å². The largest absolute Gasteiger partial charge is 0.508 e. The number of aromatic hydroxyl groups is 1. The second-order valence-corrected chi connectivity index (χ2v) is 3.01. The van der Waals surface area contributed by atoms with Crippen molar-refractivity contribution in [3.63, 3.8) is 0 Å². The van der Waals surface area contributed by atoms with E-state index in [4.69, 9.17) is 5.73 Å². The minimum Gasteiger partial charge on any atom is -0.508 e. The van der Waals surface area contributed by atoms with Crippen LogP contribution in [0.5, 0.6) is 5.75 Å². The minimum atomic E-state index is 0.246. The van der Waals surface area contributed by atoms with E-state index < -0.39 is 0 Å². The molecule has 1 heterocycles. The highest BCUT2D eigenvalue weighted by molar-refractivity contribution is 5.27. The number of aromatic nitrogens is 3. The van der Waals surface area contributed by atoms with Crippen LogP contribution < -0.4 is 5.73 Å². The van der Waals surface area contributed by atoms with Crippen LogP contribution in [0.3, 0.4) is 0 Å². The van der Waals surface area contributed by atoms with Crippen molar-refractivity contribution in [3.05, 3.63) is 36.0 Å². The van der Waals surface area contributed by atoms with Gasteiger partial charge in [-0.15, -0.1) is 5.10 Å².